The molecular weight excluding hydrogens is 490 g/mol. The second-order valence-electron chi connectivity index (χ2n) is 10.1. The molecule has 2 aliphatic heterocycles. The fraction of sp³-hybridized carbons (Fsp3) is 0.357. The number of nitrogens with zero attached hydrogens (tertiary/aromatic N) is 2. The number of sulfonamides is 1. The molecule has 8 nitrogen and oxygen atoms in total. The number of carbonyl (C=O) groups excluding carboxylic acids is 1. The standard InChI is InChI=1S/C28H29N3O5S.H2/c1-18-6-7-19(2)31(18)37(33,34)22-11-8-20(9-12-22)23-4-3-5-26(29-23)30-27(32)28(14-15-28)21-10-13-24-25(16-21)36-17-35-24;/h3-5,8-13,16,18-19H,6-7,14-15,17H2,1-2H3,(H,29,30,32);1H. The van der Waals surface area contributed by atoms with E-state index in [1.165, 1.54) is 0 Å². The Hall–Kier alpha value is -3.43. The van der Waals surface area contributed by atoms with Gasteiger partial charge in [-0.2, -0.15) is 4.31 Å². The number of pyridine rings is 1. The van der Waals surface area contributed by atoms with Crippen molar-refractivity contribution < 1.29 is 24.1 Å². The van der Waals surface area contributed by atoms with Gasteiger partial charge in [0.1, 0.15) is 5.82 Å². The minimum absolute atomic E-state index is 0. The molecule has 3 aliphatic rings. The monoisotopic (exact) mass is 521 g/mol. The van der Waals surface area contributed by atoms with Crippen LogP contribution in [0.25, 0.3) is 11.3 Å². The first-order chi connectivity index (χ1) is 17.8. The van der Waals surface area contributed by atoms with Gasteiger partial charge in [-0.25, -0.2) is 13.4 Å². The Morgan fingerprint density at radius 1 is 1.00 bits per heavy atom. The molecule has 194 valence electrons. The van der Waals surface area contributed by atoms with E-state index >= 15 is 0 Å². The summed E-state index contributed by atoms with van der Waals surface area (Å²) < 4.78 is 38.9. The maximum absolute atomic E-state index is 13.3. The van der Waals surface area contributed by atoms with Gasteiger partial charge in [0.15, 0.2) is 11.5 Å². The summed E-state index contributed by atoms with van der Waals surface area (Å²) in [5, 5.41) is 2.98. The number of benzene rings is 2. The average molecular weight is 522 g/mol. The third-order valence-corrected chi connectivity index (χ3v) is 9.84. The van der Waals surface area contributed by atoms with Gasteiger partial charge in [0.25, 0.3) is 0 Å². The zero-order chi connectivity index (χ0) is 25.8. The molecule has 2 unspecified atom stereocenters. The van der Waals surface area contributed by atoms with E-state index in [0.29, 0.717) is 23.0 Å². The Labute approximate surface area is 218 Å². The summed E-state index contributed by atoms with van der Waals surface area (Å²) in [6, 6.07) is 17.9. The minimum atomic E-state index is -3.56. The first-order valence-electron chi connectivity index (χ1n) is 12.6. The highest BCUT2D eigenvalue weighted by atomic mass is 32.2. The molecule has 1 aliphatic carbocycles. The van der Waals surface area contributed by atoms with Crippen molar-refractivity contribution in [1.82, 2.24) is 9.29 Å². The van der Waals surface area contributed by atoms with Crippen molar-refractivity contribution in [2.45, 2.75) is 61.9 Å². The number of hydrogen-bond acceptors (Lipinski definition) is 6. The number of ether oxygens (including phenoxy) is 2. The molecule has 2 atom stereocenters. The van der Waals surface area contributed by atoms with Crippen molar-refractivity contribution in [1.29, 1.82) is 0 Å². The lowest BCUT2D eigenvalue weighted by Crippen LogP contribution is -2.38. The lowest BCUT2D eigenvalue weighted by atomic mass is 9.94. The second-order valence-corrected chi connectivity index (χ2v) is 12.0. The van der Waals surface area contributed by atoms with Gasteiger partial charge in [0.05, 0.1) is 16.0 Å². The molecule has 1 saturated heterocycles. The van der Waals surface area contributed by atoms with Gasteiger partial charge in [-0.05, 0) is 81.5 Å². The van der Waals surface area contributed by atoms with Crippen LogP contribution in [-0.2, 0) is 20.2 Å². The van der Waals surface area contributed by atoms with Gasteiger partial charge in [-0.3, -0.25) is 4.79 Å². The number of hydrogen-bond donors (Lipinski definition) is 1. The molecule has 1 saturated carbocycles. The van der Waals surface area contributed by atoms with E-state index in [9.17, 15) is 13.2 Å². The molecule has 6 rings (SSSR count). The van der Waals surface area contributed by atoms with E-state index in [1.807, 2.05) is 44.2 Å². The molecule has 0 spiro atoms. The predicted octanol–water partition coefficient (Wildman–Crippen LogP) is 4.96. The fourth-order valence-electron chi connectivity index (χ4n) is 5.43. The van der Waals surface area contributed by atoms with Crippen LogP contribution >= 0.6 is 0 Å². The van der Waals surface area contributed by atoms with E-state index in [2.05, 4.69) is 10.3 Å². The molecular formula is C28H31N3O5S. The fourth-order valence-corrected chi connectivity index (χ4v) is 7.31. The zero-order valence-electron chi connectivity index (χ0n) is 20.8. The van der Waals surface area contributed by atoms with Gasteiger partial charge in [0, 0.05) is 19.1 Å². The van der Waals surface area contributed by atoms with Crippen LogP contribution in [0.4, 0.5) is 5.82 Å². The third-order valence-electron chi connectivity index (χ3n) is 7.70. The molecule has 37 heavy (non-hydrogen) atoms. The van der Waals surface area contributed by atoms with E-state index in [-0.39, 0.29) is 31.1 Å². The molecule has 1 N–H and O–H groups in total. The molecule has 3 heterocycles. The van der Waals surface area contributed by atoms with E-state index in [1.54, 1.807) is 34.6 Å². The highest BCUT2D eigenvalue weighted by Crippen LogP contribution is 2.51. The van der Waals surface area contributed by atoms with Crippen LogP contribution in [0.2, 0.25) is 0 Å². The average Bonchev–Trinajstić information content (AvgIpc) is 3.45. The second kappa shape index (κ2) is 8.85. The molecule has 2 fully saturated rings. The van der Waals surface area contributed by atoms with Crippen LogP contribution in [0.15, 0.2) is 65.6 Å². The molecule has 2 aromatic carbocycles. The number of anilines is 1. The van der Waals surface area contributed by atoms with Crippen LogP contribution in [0.5, 0.6) is 11.5 Å². The van der Waals surface area contributed by atoms with Crippen LogP contribution in [0, 0.1) is 0 Å². The molecule has 9 heteroatoms. The minimum Gasteiger partial charge on any atom is -0.454 e. The Bertz CT molecular complexity index is 1460. The third kappa shape index (κ3) is 4.16. The Kier molecular flexibility index (Phi) is 5.72. The van der Waals surface area contributed by atoms with Crippen molar-refractivity contribution in [3.05, 3.63) is 66.2 Å². The lowest BCUT2D eigenvalue weighted by molar-refractivity contribution is -0.118. The summed E-state index contributed by atoms with van der Waals surface area (Å²) in [6.45, 7) is 4.10. The quantitative estimate of drug-likeness (QED) is 0.493. The Balaban J connectivity index is 0.00000294. The molecule has 0 radical (unpaired) electrons. The summed E-state index contributed by atoms with van der Waals surface area (Å²) in [7, 11) is -3.56. The van der Waals surface area contributed by atoms with E-state index < -0.39 is 15.4 Å². The van der Waals surface area contributed by atoms with E-state index in [4.69, 9.17) is 9.47 Å². The van der Waals surface area contributed by atoms with Crippen molar-refractivity contribution >= 4 is 21.7 Å². The van der Waals surface area contributed by atoms with Gasteiger partial charge in [-0.1, -0.05) is 24.3 Å². The summed E-state index contributed by atoms with van der Waals surface area (Å²) in [5.41, 5.74) is 1.73. The zero-order valence-corrected chi connectivity index (χ0v) is 21.6. The van der Waals surface area contributed by atoms with Crippen molar-refractivity contribution in [3.8, 4) is 22.8 Å². The smallest absolute Gasteiger partial charge is 0.243 e. The number of rotatable bonds is 6. The normalized spacial score (nSPS) is 22.1. The Morgan fingerprint density at radius 2 is 1.70 bits per heavy atom. The Morgan fingerprint density at radius 3 is 2.41 bits per heavy atom. The number of aromatic nitrogens is 1. The summed E-state index contributed by atoms with van der Waals surface area (Å²) in [5.74, 6) is 1.70. The highest BCUT2D eigenvalue weighted by Gasteiger charge is 2.51. The van der Waals surface area contributed by atoms with Gasteiger partial charge >= 0.3 is 0 Å². The van der Waals surface area contributed by atoms with Gasteiger partial charge < -0.3 is 14.8 Å². The summed E-state index contributed by atoms with van der Waals surface area (Å²) in [6.07, 6.45) is 3.25. The van der Waals surface area contributed by atoms with Crippen molar-refractivity contribution in [2.75, 3.05) is 12.1 Å². The summed E-state index contributed by atoms with van der Waals surface area (Å²) >= 11 is 0. The number of amides is 1. The van der Waals surface area contributed by atoms with E-state index in [0.717, 1.165) is 36.8 Å². The highest BCUT2D eigenvalue weighted by molar-refractivity contribution is 7.89. The largest absolute Gasteiger partial charge is 0.454 e. The molecule has 0 bridgehead atoms. The number of fused-ring (bicyclic) bond motifs is 1. The molecule has 3 aromatic rings. The van der Waals surface area contributed by atoms with Gasteiger partial charge in [0.2, 0.25) is 22.7 Å². The topological polar surface area (TPSA) is 97.8 Å². The predicted molar refractivity (Wildman–Crippen MR) is 141 cm³/mol. The van der Waals surface area contributed by atoms with Crippen LogP contribution in [0.1, 0.15) is 46.5 Å². The van der Waals surface area contributed by atoms with Gasteiger partial charge in [-0.15, -0.1) is 0 Å². The molecule has 1 aromatic heterocycles. The number of nitrogens with one attached hydrogen (secondary N) is 1. The number of carbonyl (C=O) groups is 1. The van der Waals surface area contributed by atoms with Crippen LogP contribution in [-0.4, -0.2) is 42.5 Å². The maximum Gasteiger partial charge on any atom is 0.243 e. The first-order valence-corrected chi connectivity index (χ1v) is 14.0. The van der Waals surface area contributed by atoms with Crippen molar-refractivity contribution in [3.63, 3.8) is 0 Å². The molecule has 1 amide bonds. The SMILES string of the molecule is CC1CCC(C)N1S(=O)(=O)c1ccc(-c2cccc(NC(=O)C3(c4ccc5c(c4)OCO5)CC3)n2)cc1.[HH]. The van der Waals surface area contributed by atoms with Crippen LogP contribution in [0.3, 0.4) is 0 Å². The van der Waals surface area contributed by atoms with Crippen molar-refractivity contribution in [2.24, 2.45) is 0 Å². The summed E-state index contributed by atoms with van der Waals surface area (Å²) in [4.78, 5) is 18.2. The lowest BCUT2D eigenvalue weighted by Gasteiger charge is -2.25. The maximum atomic E-state index is 13.3. The first kappa shape index (κ1) is 23.9. The van der Waals surface area contributed by atoms with Crippen LogP contribution < -0.4 is 14.8 Å².